The lowest BCUT2D eigenvalue weighted by atomic mass is 9.53. The summed E-state index contributed by atoms with van der Waals surface area (Å²) in [5, 5.41) is 25.1. The van der Waals surface area contributed by atoms with Crippen LogP contribution in [-0.4, -0.2) is 46.7 Å². The first-order chi connectivity index (χ1) is 16.6. The maximum atomic E-state index is 16.7. The Morgan fingerprint density at radius 2 is 1.91 bits per heavy atom. The number of oxazole rings is 1. The molecule has 1 heterocycles. The van der Waals surface area contributed by atoms with Crippen molar-refractivity contribution in [1.29, 1.82) is 0 Å². The highest BCUT2D eigenvalue weighted by Gasteiger charge is 2.66. The molecular weight excluding hydrogens is 445 g/mol. The van der Waals surface area contributed by atoms with Crippen LogP contribution in [0.1, 0.15) is 70.3 Å². The van der Waals surface area contributed by atoms with E-state index in [1.165, 1.54) is 5.57 Å². The van der Waals surface area contributed by atoms with Crippen LogP contribution in [-0.2, 0) is 0 Å². The van der Waals surface area contributed by atoms with E-state index < -0.39 is 11.3 Å². The number of aliphatic hydroxyl groups is 2. The average Bonchev–Trinajstić information content (AvgIpc) is 3.32. The van der Waals surface area contributed by atoms with Gasteiger partial charge in [0.2, 0.25) is 0 Å². The van der Waals surface area contributed by atoms with E-state index in [4.69, 9.17) is 10.2 Å². The average molecular weight is 486 g/mol. The van der Waals surface area contributed by atoms with E-state index in [0.717, 1.165) is 30.3 Å². The first-order valence-corrected chi connectivity index (χ1v) is 13.2. The van der Waals surface area contributed by atoms with Crippen molar-refractivity contribution >= 4 is 22.7 Å². The molecule has 3 saturated carbocycles. The topological polar surface area (TPSA) is 105 Å². The van der Waals surface area contributed by atoms with Gasteiger partial charge in [0.15, 0.2) is 5.58 Å². The second kappa shape index (κ2) is 8.86. The summed E-state index contributed by atoms with van der Waals surface area (Å²) in [4.78, 5) is 4.19. The van der Waals surface area contributed by atoms with Gasteiger partial charge in [-0.05, 0) is 112 Å². The number of halogens is 1. The van der Waals surface area contributed by atoms with Crippen LogP contribution >= 0.6 is 0 Å². The Bertz CT molecular complexity index is 1120. The molecule has 7 heteroatoms. The Hall–Kier alpha value is -1.96. The standard InChI is InChI=1S/C26H33FN2O3.C2H7N/c1-24-10-11-25(27)14-17-12-18(30)4-2-15(17)8-9-26(25,31)22(24)7-5-19(24)16-3-6-20-21(13-16)32-23(28)29-20;1-3-2/h3,5-6,13,15,17-18,22,30-31H,2,4,7-12,14H2,1H3,(H2,28,29);3H,1-2H3/t15?,17?,18?,22?,24?,25?,26-;/m0./s1. The lowest BCUT2D eigenvalue weighted by Gasteiger charge is -2.56. The summed E-state index contributed by atoms with van der Waals surface area (Å²) >= 11 is 0. The predicted octanol–water partition coefficient (Wildman–Crippen LogP) is 4.85. The molecule has 3 fully saturated rings. The fourth-order valence-electron chi connectivity index (χ4n) is 7.92. The minimum absolute atomic E-state index is 0.149. The maximum absolute atomic E-state index is 16.7. The van der Waals surface area contributed by atoms with E-state index in [2.05, 4.69) is 23.3 Å². The molecule has 0 aliphatic heterocycles. The summed E-state index contributed by atoms with van der Waals surface area (Å²) in [6.45, 7) is 2.20. The van der Waals surface area contributed by atoms with Gasteiger partial charge in [-0.1, -0.05) is 19.1 Å². The van der Waals surface area contributed by atoms with Crippen molar-refractivity contribution in [2.45, 2.75) is 82.1 Å². The van der Waals surface area contributed by atoms with Crippen molar-refractivity contribution < 1.29 is 19.0 Å². The highest BCUT2D eigenvalue weighted by Crippen LogP contribution is 2.66. The normalized spacial score (nSPS) is 40.6. The zero-order chi connectivity index (χ0) is 25.0. The summed E-state index contributed by atoms with van der Waals surface area (Å²) in [7, 11) is 3.75. The molecule has 0 bridgehead atoms. The van der Waals surface area contributed by atoms with Gasteiger partial charge >= 0.3 is 0 Å². The van der Waals surface area contributed by atoms with Crippen molar-refractivity contribution in [2.24, 2.45) is 23.2 Å². The molecule has 1 aromatic carbocycles. The van der Waals surface area contributed by atoms with Gasteiger partial charge < -0.3 is 25.7 Å². The summed E-state index contributed by atoms with van der Waals surface area (Å²) in [5.74, 6) is 0.444. The van der Waals surface area contributed by atoms with Crippen molar-refractivity contribution in [2.75, 3.05) is 19.8 Å². The van der Waals surface area contributed by atoms with Crippen molar-refractivity contribution in [3.63, 3.8) is 0 Å². The second-order valence-corrected chi connectivity index (χ2v) is 11.7. The van der Waals surface area contributed by atoms with Gasteiger partial charge in [-0.15, -0.1) is 0 Å². The number of rotatable bonds is 1. The van der Waals surface area contributed by atoms with Crippen LogP contribution in [0.25, 0.3) is 16.7 Å². The Morgan fingerprint density at radius 3 is 2.69 bits per heavy atom. The van der Waals surface area contributed by atoms with E-state index >= 15 is 4.39 Å². The van der Waals surface area contributed by atoms with Gasteiger partial charge in [0.25, 0.3) is 6.01 Å². The predicted molar refractivity (Wildman–Crippen MR) is 136 cm³/mol. The van der Waals surface area contributed by atoms with Gasteiger partial charge in [-0.2, -0.15) is 4.98 Å². The summed E-state index contributed by atoms with van der Waals surface area (Å²) in [6.07, 6.45) is 7.83. The molecule has 5 N–H and O–H groups in total. The minimum Gasteiger partial charge on any atom is -0.424 e. The Labute approximate surface area is 207 Å². The first kappa shape index (κ1) is 24.7. The molecule has 0 radical (unpaired) electrons. The van der Waals surface area contributed by atoms with Crippen LogP contribution in [0.3, 0.4) is 0 Å². The molecule has 6 rings (SSSR count). The van der Waals surface area contributed by atoms with Gasteiger partial charge in [0.05, 0.1) is 6.10 Å². The second-order valence-electron chi connectivity index (χ2n) is 11.7. The summed E-state index contributed by atoms with van der Waals surface area (Å²) in [6, 6.07) is 6.08. The third-order valence-electron chi connectivity index (χ3n) is 9.65. The Kier molecular flexibility index (Phi) is 6.26. The molecule has 0 saturated heterocycles. The number of alkyl halides is 1. The molecule has 0 amide bonds. The number of fused-ring (bicyclic) bond motifs is 5. The monoisotopic (exact) mass is 485 g/mol. The largest absolute Gasteiger partial charge is 0.424 e. The van der Waals surface area contributed by atoms with Crippen LogP contribution < -0.4 is 11.1 Å². The number of allylic oxidation sites excluding steroid dienone is 2. The molecule has 1 aromatic heterocycles. The number of aliphatic hydroxyl groups excluding tert-OH is 1. The van der Waals surface area contributed by atoms with Crippen LogP contribution in [0, 0.1) is 23.2 Å². The van der Waals surface area contributed by atoms with E-state index in [-0.39, 0.29) is 29.4 Å². The van der Waals surface area contributed by atoms with Crippen LogP contribution in [0.5, 0.6) is 0 Å². The number of aromatic nitrogens is 1. The van der Waals surface area contributed by atoms with Crippen molar-refractivity contribution in [3.05, 3.63) is 29.8 Å². The third-order valence-corrected chi connectivity index (χ3v) is 9.65. The van der Waals surface area contributed by atoms with E-state index in [1.54, 1.807) is 0 Å². The Morgan fingerprint density at radius 1 is 1.14 bits per heavy atom. The summed E-state index contributed by atoms with van der Waals surface area (Å²) in [5.41, 5.74) is 6.11. The molecule has 6 unspecified atom stereocenters. The zero-order valence-corrected chi connectivity index (χ0v) is 21.2. The number of nitrogen functional groups attached to an aromatic ring is 1. The molecule has 4 aliphatic rings. The number of anilines is 1. The fraction of sp³-hybridized carbons (Fsp3) is 0.679. The van der Waals surface area contributed by atoms with Gasteiger partial charge in [0, 0.05) is 5.92 Å². The zero-order valence-electron chi connectivity index (χ0n) is 21.2. The minimum atomic E-state index is -1.58. The van der Waals surface area contributed by atoms with Gasteiger partial charge in [-0.3, -0.25) is 0 Å². The smallest absolute Gasteiger partial charge is 0.292 e. The van der Waals surface area contributed by atoms with Crippen LogP contribution in [0.4, 0.5) is 10.4 Å². The molecule has 2 aromatic rings. The Balaban J connectivity index is 0.000000806. The highest BCUT2D eigenvalue weighted by atomic mass is 19.1. The van der Waals surface area contributed by atoms with Gasteiger partial charge in [0.1, 0.15) is 16.8 Å². The van der Waals surface area contributed by atoms with Crippen LogP contribution in [0.2, 0.25) is 0 Å². The SMILES string of the molecule is CC12CCC3(F)CC4CC(O)CCC4CC[C@]3(O)C1CC=C2c1ccc2nc(N)oc2c1.CNC. The van der Waals surface area contributed by atoms with Gasteiger partial charge in [-0.25, -0.2) is 4.39 Å². The molecule has 0 spiro atoms. The van der Waals surface area contributed by atoms with E-state index in [9.17, 15) is 10.2 Å². The number of nitrogens with two attached hydrogens (primary N) is 1. The lowest BCUT2D eigenvalue weighted by Crippen LogP contribution is -2.62. The molecule has 4 aliphatic carbocycles. The molecule has 35 heavy (non-hydrogen) atoms. The number of nitrogens with zero attached hydrogens (tertiary/aromatic N) is 1. The maximum Gasteiger partial charge on any atom is 0.292 e. The third kappa shape index (κ3) is 3.91. The van der Waals surface area contributed by atoms with E-state index in [0.29, 0.717) is 50.0 Å². The highest BCUT2D eigenvalue weighted by molar-refractivity contribution is 5.82. The molecule has 7 atom stereocenters. The van der Waals surface area contributed by atoms with Crippen molar-refractivity contribution in [3.8, 4) is 0 Å². The van der Waals surface area contributed by atoms with Crippen LogP contribution in [0.15, 0.2) is 28.7 Å². The lowest BCUT2D eigenvalue weighted by molar-refractivity contribution is -0.195. The molecule has 192 valence electrons. The van der Waals surface area contributed by atoms with Crippen molar-refractivity contribution in [1.82, 2.24) is 10.3 Å². The number of benzene rings is 1. The first-order valence-electron chi connectivity index (χ1n) is 13.2. The number of nitrogens with one attached hydrogen (secondary N) is 1. The number of hydrogen-bond donors (Lipinski definition) is 4. The summed E-state index contributed by atoms with van der Waals surface area (Å²) < 4.78 is 22.3. The fourth-order valence-corrected chi connectivity index (χ4v) is 7.92. The number of hydrogen-bond acceptors (Lipinski definition) is 6. The molecular formula is C28H40FN3O3. The molecule has 6 nitrogen and oxygen atoms in total. The quantitative estimate of drug-likeness (QED) is 0.460. The van der Waals surface area contributed by atoms with E-state index in [1.807, 2.05) is 32.3 Å².